The van der Waals surface area contributed by atoms with Crippen LogP contribution in [-0.4, -0.2) is 13.2 Å². The van der Waals surface area contributed by atoms with Crippen LogP contribution >= 0.6 is 9.90 Å². The second-order valence-corrected chi connectivity index (χ2v) is 7.98. The van der Waals surface area contributed by atoms with Gasteiger partial charge >= 0.3 is 0 Å². The highest BCUT2D eigenvalue weighted by Gasteiger charge is 1.95. The lowest BCUT2D eigenvalue weighted by molar-refractivity contribution is 0.125. The van der Waals surface area contributed by atoms with E-state index in [-0.39, 0.29) is 9.90 Å². The molecule has 0 amide bonds. The number of hydrogen-bond acceptors (Lipinski definition) is 1. The fraction of sp³-hybridized carbons (Fsp3) is 1.00. The molecule has 0 saturated carbocycles. The molecule has 1 unspecified atom stereocenters. The summed E-state index contributed by atoms with van der Waals surface area (Å²) in [6, 6.07) is 0. The van der Waals surface area contributed by atoms with Gasteiger partial charge in [-0.2, -0.15) is 9.90 Å². The van der Waals surface area contributed by atoms with Gasteiger partial charge in [0.15, 0.2) is 0 Å². The van der Waals surface area contributed by atoms with E-state index in [1.165, 1.54) is 128 Å². The summed E-state index contributed by atoms with van der Waals surface area (Å²) >= 11 is 0. The summed E-state index contributed by atoms with van der Waals surface area (Å²) in [6.45, 7) is 6.57. The standard InChI is InChI=1S/C24H50O.H3P/c1-3-5-7-9-11-13-15-17-19-21-23-25-24-22-20-18-16-14-12-10-8-6-4-2;/h3-24H2,1-2H3;1H3. The van der Waals surface area contributed by atoms with Gasteiger partial charge in [0.1, 0.15) is 0 Å². The zero-order valence-corrected chi connectivity index (χ0v) is 20.1. The highest BCUT2D eigenvalue weighted by Crippen LogP contribution is 2.12. The summed E-state index contributed by atoms with van der Waals surface area (Å²) < 4.78 is 5.78. The second-order valence-electron chi connectivity index (χ2n) is 7.98. The topological polar surface area (TPSA) is 9.23 Å². The van der Waals surface area contributed by atoms with E-state index in [1.54, 1.807) is 0 Å². The van der Waals surface area contributed by atoms with Crippen molar-refractivity contribution in [2.24, 2.45) is 0 Å². The summed E-state index contributed by atoms with van der Waals surface area (Å²) in [4.78, 5) is 0. The molecular weight excluding hydrogens is 335 g/mol. The molecule has 0 aromatic carbocycles. The monoisotopic (exact) mass is 388 g/mol. The summed E-state index contributed by atoms with van der Waals surface area (Å²) in [5.41, 5.74) is 0. The van der Waals surface area contributed by atoms with Crippen LogP contribution < -0.4 is 0 Å². The molecule has 1 atom stereocenters. The molecule has 0 fully saturated rings. The lowest BCUT2D eigenvalue weighted by Gasteiger charge is -2.05. The van der Waals surface area contributed by atoms with Crippen LogP contribution in [-0.2, 0) is 4.74 Å². The molecule has 1 nitrogen and oxygen atoms in total. The first-order chi connectivity index (χ1) is 12.4. The Morgan fingerprint density at radius 2 is 0.577 bits per heavy atom. The molecule has 0 aromatic rings. The Hall–Kier alpha value is 0.390. The van der Waals surface area contributed by atoms with Gasteiger partial charge in [0, 0.05) is 13.2 Å². The third-order valence-electron chi connectivity index (χ3n) is 5.28. The fourth-order valence-corrected chi connectivity index (χ4v) is 3.49. The first-order valence-corrected chi connectivity index (χ1v) is 12.0. The molecule has 0 spiro atoms. The molecule has 0 aliphatic carbocycles. The number of hydrogen-bond donors (Lipinski definition) is 0. The Balaban J connectivity index is 0. The Morgan fingerprint density at radius 3 is 0.846 bits per heavy atom. The van der Waals surface area contributed by atoms with Crippen LogP contribution in [0.5, 0.6) is 0 Å². The van der Waals surface area contributed by atoms with Gasteiger partial charge in [-0.1, -0.05) is 129 Å². The van der Waals surface area contributed by atoms with Crippen LogP contribution in [0.2, 0.25) is 0 Å². The van der Waals surface area contributed by atoms with Crippen molar-refractivity contribution in [3.05, 3.63) is 0 Å². The van der Waals surface area contributed by atoms with Crippen LogP contribution in [0.25, 0.3) is 0 Å². The van der Waals surface area contributed by atoms with E-state index in [0.29, 0.717) is 0 Å². The van der Waals surface area contributed by atoms with Gasteiger partial charge in [-0.05, 0) is 12.8 Å². The van der Waals surface area contributed by atoms with Crippen molar-refractivity contribution in [1.29, 1.82) is 0 Å². The molecule has 0 aliphatic heterocycles. The van der Waals surface area contributed by atoms with E-state index in [1.807, 2.05) is 0 Å². The van der Waals surface area contributed by atoms with Crippen molar-refractivity contribution in [1.82, 2.24) is 0 Å². The third kappa shape index (κ3) is 26.6. The molecule has 26 heavy (non-hydrogen) atoms. The zero-order chi connectivity index (χ0) is 18.3. The smallest absolute Gasteiger partial charge is 0.0466 e. The molecule has 0 aromatic heterocycles. The second kappa shape index (κ2) is 27.6. The largest absolute Gasteiger partial charge is 0.381 e. The van der Waals surface area contributed by atoms with Crippen molar-refractivity contribution >= 4 is 9.90 Å². The molecule has 0 aliphatic rings. The van der Waals surface area contributed by atoms with Crippen LogP contribution in [0.4, 0.5) is 0 Å². The van der Waals surface area contributed by atoms with Crippen LogP contribution in [0.3, 0.4) is 0 Å². The van der Waals surface area contributed by atoms with Crippen LogP contribution in [0.15, 0.2) is 0 Å². The van der Waals surface area contributed by atoms with E-state index >= 15 is 0 Å². The van der Waals surface area contributed by atoms with E-state index < -0.39 is 0 Å². The molecule has 2 heteroatoms. The maximum absolute atomic E-state index is 5.78. The van der Waals surface area contributed by atoms with Crippen molar-refractivity contribution < 1.29 is 4.74 Å². The van der Waals surface area contributed by atoms with E-state index in [0.717, 1.165) is 13.2 Å². The SMILES string of the molecule is CCCCCCCCCCCCOCCCCCCCCCCCC.P. The van der Waals surface area contributed by atoms with Crippen molar-refractivity contribution in [2.45, 2.75) is 142 Å². The van der Waals surface area contributed by atoms with Crippen molar-refractivity contribution in [2.75, 3.05) is 13.2 Å². The van der Waals surface area contributed by atoms with E-state index in [2.05, 4.69) is 13.8 Å². The average Bonchev–Trinajstić information content (AvgIpc) is 2.63. The first kappa shape index (κ1) is 28.6. The quantitative estimate of drug-likeness (QED) is 0.133. The molecule has 160 valence electrons. The number of ether oxygens (including phenoxy) is 1. The molecule has 0 radical (unpaired) electrons. The summed E-state index contributed by atoms with van der Waals surface area (Å²) in [7, 11) is 0. The van der Waals surface area contributed by atoms with Crippen molar-refractivity contribution in [3.63, 3.8) is 0 Å². The Kier molecular flexibility index (Phi) is 30.4. The lowest BCUT2D eigenvalue weighted by Crippen LogP contribution is -1.97. The average molecular weight is 389 g/mol. The van der Waals surface area contributed by atoms with E-state index in [9.17, 15) is 0 Å². The number of unbranched alkanes of at least 4 members (excludes halogenated alkanes) is 18. The highest BCUT2D eigenvalue weighted by atomic mass is 31.0. The maximum atomic E-state index is 5.78. The predicted molar refractivity (Wildman–Crippen MR) is 126 cm³/mol. The Labute approximate surface area is 170 Å². The molecule has 0 heterocycles. The Morgan fingerprint density at radius 1 is 0.346 bits per heavy atom. The van der Waals surface area contributed by atoms with Gasteiger partial charge in [-0.3, -0.25) is 0 Å². The summed E-state index contributed by atoms with van der Waals surface area (Å²) in [6.07, 6.45) is 28.2. The third-order valence-corrected chi connectivity index (χ3v) is 5.28. The van der Waals surface area contributed by atoms with Gasteiger partial charge in [-0.25, -0.2) is 0 Å². The minimum absolute atomic E-state index is 0. The van der Waals surface area contributed by atoms with Gasteiger partial charge in [-0.15, -0.1) is 0 Å². The Bertz CT molecular complexity index is 198. The lowest BCUT2D eigenvalue weighted by atomic mass is 10.1. The molecule has 0 N–H and O–H groups in total. The zero-order valence-electron chi connectivity index (χ0n) is 18.7. The minimum Gasteiger partial charge on any atom is -0.381 e. The van der Waals surface area contributed by atoms with Gasteiger partial charge in [0.05, 0.1) is 0 Å². The molecule has 0 bridgehead atoms. The minimum atomic E-state index is 0. The maximum Gasteiger partial charge on any atom is 0.0466 e. The van der Waals surface area contributed by atoms with Crippen LogP contribution in [0.1, 0.15) is 142 Å². The normalized spacial score (nSPS) is 10.8. The fourth-order valence-electron chi connectivity index (χ4n) is 3.49. The molecule has 0 rings (SSSR count). The first-order valence-electron chi connectivity index (χ1n) is 12.0. The molecule has 0 saturated heterocycles. The van der Waals surface area contributed by atoms with Crippen molar-refractivity contribution in [3.8, 4) is 0 Å². The number of rotatable bonds is 22. The van der Waals surface area contributed by atoms with Crippen LogP contribution in [0, 0.1) is 0 Å². The van der Waals surface area contributed by atoms with Gasteiger partial charge in [0.2, 0.25) is 0 Å². The van der Waals surface area contributed by atoms with E-state index in [4.69, 9.17) is 4.74 Å². The van der Waals surface area contributed by atoms with Gasteiger partial charge < -0.3 is 4.74 Å². The summed E-state index contributed by atoms with van der Waals surface area (Å²) in [5.74, 6) is 0. The molecular formula is C24H53OP. The highest BCUT2D eigenvalue weighted by molar-refractivity contribution is 6.92. The predicted octanol–water partition coefficient (Wildman–Crippen LogP) is 8.90. The van der Waals surface area contributed by atoms with Gasteiger partial charge in [0.25, 0.3) is 0 Å². The summed E-state index contributed by atoms with van der Waals surface area (Å²) in [5, 5.41) is 0.